The summed E-state index contributed by atoms with van der Waals surface area (Å²) in [4.78, 5) is 14.5. The number of rotatable bonds is 5. The number of carbonyl (C=O) groups excluding carboxylic acids is 1. The molecule has 0 aromatic heterocycles. The molecule has 3 rings (SSSR count). The third kappa shape index (κ3) is 4.73. The standard InChI is InChI=1S/C19H21ClN2O2/c20-16-8-10-17(11-9-16)21-19(23)22(14-18-7-4-12-24-18)13-15-5-2-1-3-6-15/h1-3,5-6,8-11,18H,4,7,12-14H2,(H,21,23)/t18-/m1/s1. The first-order valence-electron chi connectivity index (χ1n) is 8.18. The number of anilines is 1. The molecule has 1 aliphatic heterocycles. The average molecular weight is 345 g/mol. The molecule has 24 heavy (non-hydrogen) atoms. The second-order valence-electron chi connectivity index (χ2n) is 5.94. The molecule has 2 aromatic rings. The summed E-state index contributed by atoms with van der Waals surface area (Å²) >= 11 is 5.89. The summed E-state index contributed by atoms with van der Waals surface area (Å²) < 4.78 is 5.70. The summed E-state index contributed by atoms with van der Waals surface area (Å²) in [6.45, 7) is 1.93. The molecule has 1 heterocycles. The lowest BCUT2D eigenvalue weighted by atomic mass is 10.2. The maximum atomic E-state index is 12.7. The highest BCUT2D eigenvalue weighted by Crippen LogP contribution is 2.18. The van der Waals surface area contributed by atoms with Crippen LogP contribution in [0.5, 0.6) is 0 Å². The van der Waals surface area contributed by atoms with E-state index < -0.39 is 0 Å². The van der Waals surface area contributed by atoms with E-state index in [0.29, 0.717) is 18.1 Å². The highest BCUT2D eigenvalue weighted by Gasteiger charge is 2.22. The van der Waals surface area contributed by atoms with E-state index in [9.17, 15) is 4.79 Å². The number of nitrogens with zero attached hydrogens (tertiary/aromatic N) is 1. The Balaban J connectivity index is 1.69. The van der Waals surface area contributed by atoms with Gasteiger partial charge in [0, 0.05) is 30.4 Å². The minimum absolute atomic E-state index is 0.115. The molecule has 1 N–H and O–H groups in total. The number of hydrogen-bond donors (Lipinski definition) is 1. The van der Waals surface area contributed by atoms with Crippen LogP contribution in [0.3, 0.4) is 0 Å². The molecule has 0 aliphatic carbocycles. The second kappa shape index (κ2) is 8.18. The van der Waals surface area contributed by atoms with Gasteiger partial charge < -0.3 is 15.0 Å². The number of nitrogens with one attached hydrogen (secondary N) is 1. The van der Waals surface area contributed by atoms with Gasteiger partial charge in [-0.25, -0.2) is 4.79 Å². The first-order chi connectivity index (χ1) is 11.7. The van der Waals surface area contributed by atoms with Crippen LogP contribution in [0, 0.1) is 0 Å². The molecule has 1 atom stereocenters. The third-order valence-corrected chi connectivity index (χ3v) is 4.30. The molecule has 2 aromatic carbocycles. The summed E-state index contributed by atoms with van der Waals surface area (Å²) in [5.41, 5.74) is 1.83. The zero-order valence-corrected chi connectivity index (χ0v) is 14.2. The van der Waals surface area contributed by atoms with E-state index in [4.69, 9.17) is 16.3 Å². The second-order valence-corrected chi connectivity index (χ2v) is 6.37. The van der Waals surface area contributed by atoms with Gasteiger partial charge in [0.05, 0.1) is 6.10 Å². The lowest BCUT2D eigenvalue weighted by molar-refractivity contribution is 0.0819. The number of hydrogen-bond acceptors (Lipinski definition) is 2. The van der Waals surface area contributed by atoms with E-state index >= 15 is 0 Å². The van der Waals surface area contributed by atoms with Crippen LogP contribution < -0.4 is 5.32 Å². The predicted molar refractivity (Wildman–Crippen MR) is 96.3 cm³/mol. The van der Waals surface area contributed by atoms with Crippen LogP contribution in [0.25, 0.3) is 0 Å². The van der Waals surface area contributed by atoms with Crippen molar-refractivity contribution in [3.8, 4) is 0 Å². The molecule has 4 nitrogen and oxygen atoms in total. The molecule has 1 saturated heterocycles. The van der Waals surface area contributed by atoms with Crippen LogP contribution >= 0.6 is 11.6 Å². The Labute approximate surface area is 147 Å². The average Bonchev–Trinajstić information content (AvgIpc) is 3.10. The van der Waals surface area contributed by atoms with Crippen LogP contribution in [0.4, 0.5) is 10.5 Å². The van der Waals surface area contributed by atoms with Gasteiger partial charge in [0.25, 0.3) is 0 Å². The largest absolute Gasteiger partial charge is 0.376 e. The number of urea groups is 1. The van der Waals surface area contributed by atoms with Crippen molar-refractivity contribution in [3.63, 3.8) is 0 Å². The zero-order valence-electron chi connectivity index (χ0n) is 13.5. The number of amides is 2. The van der Waals surface area contributed by atoms with Gasteiger partial charge in [-0.3, -0.25) is 0 Å². The molecule has 1 aliphatic rings. The summed E-state index contributed by atoms with van der Waals surface area (Å²) in [5, 5.41) is 3.58. The van der Waals surface area contributed by atoms with E-state index in [1.165, 1.54) is 0 Å². The molecule has 0 saturated carbocycles. The van der Waals surface area contributed by atoms with Crippen LogP contribution in [0.15, 0.2) is 54.6 Å². The number of ether oxygens (including phenoxy) is 1. The summed E-state index contributed by atoms with van der Waals surface area (Å²) in [6, 6.07) is 17.0. The SMILES string of the molecule is O=C(Nc1ccc(Cl)cc1)N(Cc1ccccc1)C[C@H]1CCCO1. The Hall–Kier alpha value is -2.04. The fraction of sp³-hybridized carbons (Fsp3) is 0.316. The Morgan fingerprint density at radius 2 is 1.92 bits per heavy atom. The van der Waals surface area contributed by atoms with Gasteiger partial charge in [-0.05, 0) is 42.7 Å². The summed E-state index contributed by atoms with van der Waals surface area (Å²) in [5.74, 6) is 0. The van der Waals surface area contributed by atoms with Crippen molar-refractivity contribution < 1.29 is 9.53 Å². The molecular formula is C19H21ClN2O2. The normalized spacial score (nSPS) is 16.8. The van der Waals surface area contributed by atoms with Gasteiger partial charge in [-0.2, -0.15) is 0 Å². The lowest BCUT2D eigenvalue weighted by Gasteiger charge is -2.26. The van der Waals surface area contributed by atoms with Gasteiger partial charge in [0.15, 0.2) is 0 Å². The lowest BCUT2D eigenvalue weighted by Crippen LogP contribution is -2.39. The predicted octanol–water partition coefficient (Wildman–Crippen LogP) is 4.55. The van der Waals surface area contributed by atoms with E-state index in [1.807, 2.05) is 30.3 Å². The molecule has 1 fully saturated rings. The van der Waals surface area contributed by atoms with Gasteiger partial charge >= 0.3 is 6.03 Å². The van der Waals surface area contributed by atoms with Crippen LogP contribution in [0.2, 0.25) is 5.02 Å². The van der Waals surface area contributed by atoms with E-state index in [0.717, 1.165) is 30.7 Å². The van der Waals surface area contributed by atoms with Gasteiger partial charge in [0.2, 0.25) is 0 Å². The number of halogens is 1. The van der Waals surface area contributed by atoms with Gasteiger partial charge in [-0.15, -0.1) is 0 Å². The summed E-state index contributed by atoms with van der Waals surface area (Å²) in [6.07, 6.45) is 2.17. The Morgan fingerprint density at radius 3 is 2.58 bits per heavy atom. The fourth-order valence-electron chi connectivity index (χ4n) is 2.79. The van der Waals surface area contributed by atoms with Crippen LogP contribution in [0.1, 0.15) is 18.4 Å². The van der Waals surface area contributed by atoms with Crippen LogP contribution in [-0.4, -0.2) is 30.2 Å². The Bertz CT molecular complexity index is 655. The topological polar surface area (TPSA) is 41.6 Å². The first kappa shape index (κ1) is 16.8. The quantitative estimate of drug-likeness (QED) is 0.864. The van der Waals surface area contributed by atoms with Crippen molar-refractivity contribution in [1.29, 1.82) is 0 Å². The van der Waals surface area contributed by atoms with Crippen molar-refractivity contribution in [2.24, 2.45) is 0 Å². The zero-order chi connectivity index (χ0) is 16.8. The minimum atomic E-state index is -0.128. The monoisotopic (exact) mass is 344 g/mol. The molecule has 5 heteroatoms. The van der Waals surface area contributed by atoms with Gasteiger partial charge in [0.1, 0.15) is 0 Å². The molecule has 0 spiro atoms. The minimum Gasteiger partial charge on any atom is -0.376 e. The molecule has 0 radical (unpaired) electrons. The van der Waals surface area contributed by atoms with Gasteiger partial charge in [-0.1, -0.05) is 41.9 Å². The maximum absolute atomic E-state index is 12.7. The number of benzene rings is 2. The van der Waals surface area contributed by atoms with Crippen molar-refractivity contribution in [1.82, 2.24) is 4.90 Å². The highest BCUT2D eigenvalue weighted by atomic mass is 35.5. The maximum Gasteiger partial charge on any atom is 0.322 e. The van der Waals surface area contributed by atoms with Crippen molar-refractivity contribution in [2.45, 2.75) is 25.5 Å². The smallest absolute Gasteiger partial charge is 0.322 e. The molecule has 0 bridgehead atoms. The molecule has 2 amide bonds. The molecule has 126 valence electrons. The van der Waals surface area contributed by atoms with Crippen molar-refractivity contribution in [3.05, 3.63) is 65.2 Å². The Kier molecular flexibility index (Phi) is 5.72. The van der Waals surface area contributed by atoms with Crippen molar-refractivity contribution >= 4 is 23.3 Å². The molecule has 0 unspecified atom stereocenters. The van der Waals surface area contributed by atoms with Crippen molar-refractivity contribution in [2.75, 3.05) is 18.5 Å². The van der Waals surface area contributed by atoms with Crippen LogP contribution in [-0.2, 0) is 11.3 Å². The number of carbonyl (C=O) groups is 1. The highest BCUT2D eigenvalue weighted by molar-refractivity contribution is 6.30. The molecular weight excluding hydrogens is 324 g/mol. The summed E-state index contributed by atoms with van der Waals surface area (Å²) in [7, 11) is 0. The first-order valence-corrected chi connectivity index (χ1v) is 8.55. The third-order valence-electron chi connectivity index (χ3n) is 4.05. The van der Waals surface area contributed by atoms with E-state index in [2.05, 4.69) is 5.32 Å². The Morgan fingerprint density at radius 1 is 1.17 bits per heavy atom. The van der Waals surface area contributed by atoms with E-state index in [1.54, 1.807) is 29.2 Å². The van der Waals surface area contributed by atoms with E-state index in [-0.39, 0.29) is 12.1 Å². The fourth-order valence-corrected chi connectivity index (χ4v) is 2.92.